The van der Waals surface area contributed by atoms with Crippen molar-refractivity contribution in [3.63, 3.8) is 0 Å². The molecule has 0 aromatic heterocycles. The summed E-state index contributed by atoms with van der Waals surface area (Å²) in [5.41, 5.74) is -0.312. The Balaban J connectivity index is 2.14. The summed E-state index contributed by atoms with van der Waals surface area (Å²) in [7, 11) is 3.43. The van der Waals surface area contributed by atoms with Gasteiger partial charge in [0.1, 0.15) is 6.54 Å². The molecular weight excluding hydrogens is 346 g/mol. The van der Waals surface area contributed by atoms with E-state index in [1.807, 2.05) is 23.6 Å². The number of carbonyl (C=O) groups is 2. The van der Waals surface area contributed by atoms with Crippen LogP contribution in [0.4, 0.5) is 0 Å². The molecule has 2 fully saturated rings. The minimum absolute atomic E-state index is 0.0649. The minimum Gasteiger partial charge on any atom is -0.381 e. The van der Waals surface area contributed by atoms with Gasteiger partial charge < -0.3 is 24.8 Å². The largest absolute Gasteiger partial charge is 0.381 e. The highest BCUT2D eigenvalue weighted by Gasteiger charge is 2.40. The summed E-state index contributed by atoms with van der Waals surface area (Å²) in [6.07, 6.45) is 1.02. The summed E-state index contributed by atoms with van der Waals surface area (Å²) in [6, 6.07) is 0.147. The van der Waals surface area contributed by atoms with E-state index in [0.717, 1.165) is 26.2 Å². The number of hydrogen-bond donors (Lipinski definition) is 1. The number of piperazine rings is 1. The van der Waals surface area contributed by atoms with E-state index < -0.39 is 0 Å². The van der Waals surface area contributed by atoms with Crippen LogP contribution in [0.5, 0.6) is 0 Å². The van der Waals surface area contributed by atoms with E-state index in [0.29, 0.717) is 18.4 Å². The van der Waals surface area contributed by atoms with Gasteiger partial charge in [0.25, 0.3) is 0 Å². The molecule has 154 valence electrons. The fraction of sp³-hybridized carbons (Fsp3) is 0.842. The number of rotatable bonds is 5. The summed E-state index contributed by atoms with van der Waals surface area (Å²) >= 11 is 0. The van der Waals surface area contributed by atoms with E-state index >= 15 is 0 Å². The first kappa shape index (κ1) is 21.5. The third kappa shape index (κ3) is 5.57. The number of guanidine groups is 1. The van der Waals surface area contributed by atoms with Crippen molar-refractivity contribution in [2.75, 3.05) is 53.5 Å². The summed E-state index contributed by atoms with van der Waals surface area (Å²) < 4.78 is 5.44. The zero-order valence-corrected chi connectivity index (χ0v) is 17.6. The van der Waals surface area contributed by atoms with Gasteiger partial charge in [-0.15, -0.1) is 0 Å². The Bertz CT molecular complexity index is 568. The van der Waals surface area contributed by atoms with Gasteiger partial charge in [0, 0.05) is 45.8 Å². The lowest BCUT2D eigenvalue weighted by Gasteiger charge is -2.49. The summed E-state index contributed by atoms with van der Waals surface area (Å²) in [5.74, 6) is 1.08. The summed E-state index contributed by atoms with van der Waals surface area (Å²) in [4.78, 5) is 34.7. The molecule has 2 rings (SSSR count). The summed E-state index contributed by atoms with van der Waals surface area (Å²) in [6.45, 7) is 11.5. The lowest BCUT2D eigenvalue weighted by atomic mass is 9.96. The number of ether oxygens (including phenoxy) is 1. The Morgan fingerprint density at radius 3 is 2.63 bits per heavy atom. The lowest BCUT2D eigenvalue weighted by molar-refractivity contribution is -0.145. The first-order chi connectivity index (χ1) is 12.6. The number of hydrogen-bond acceptors (Lipinski definition) is 4. The average Bonchev–Trinajstić information content (AvgIpc) is 3.05. The van der Waals surface area contributed by atoms with E-state index in [2.05, 4.69) is 24.2 Å². The number of carbonyl (C=O) groups excluding carboxylic acids is 2. The zero-order valence-electron chi connectivity index (χ0n) is 17.6. The van der Waals surface area contributed by atoms with Crippen LogP contribution >= 0.6 is 0 Å². The Morgan fingerprint density at radius 1 is 1.41 bits per heavy atom. The zero-order chi connectivity index (χ0) is 20.2. The molecule has 8 nitrogen and oxygen atoms in total. The predicted octanol–water partition coefficient (Wildman–Crippen LogP) is 0.388. The molecule has 0 radical (unpaired) electrons. The number of amides is 2. The van der Waals surface area contributed by atoms with Gasteiger partial charge in [-0.05, 0) is 34.1 Å². The number of likely N-dealkylation sites (N-methyl/N-ethyl adjacent to an activating group) is 1. The van der Waals surface area contributed by atoms with Gasteiger partial charge in [-0.2, -0.15) is 0 Å². The molecule has 2 aliphatic heterocycles. The van der Waals surface area contributed by atoms with Gasteiger partial charge >= 0.3 is 0 Å². The fourth-order valence-corrected chi connectivity index (χ4v) is 3.84. The van der Waals surface area contributed by atoms with Crippen molar-refractivity contribution in [1.29, 1.82) is 0 Å². The highest BCUT2D eigenvalue weighted by Crippen LogP contribution is 2.24. The maximum Gasteiger partial charge on any atom is 0.243 e. The van der Waals surface area contributed by atoms with Crippen LogP contribution in [0.1, 0.15) is 34.1 Å². The molecule has 0 aromatic rings. The molecule has 27 heavy (non-hydrogen) atoms. The molecule has 0 aliphatic carbocycles. The molecule has 0 aromatic carbocycles. The van der Waals surface area contributed by atoms with Crippen molar-refractivity contribution < 1.29 is 14.3 Å². The van der Waals surface area contributed by atoms with Crippen LogP contribution in [0.2, 0.25) is 0 Å². The van der Waals surface area contributed by atoms with Crippen LogP contribution in [-0.4, -0.2) is 97.5 Å². The first-order valence-corrected chi connectivity index (χ1v) is 9.75. The van der Waals surface area contributed by atoms with Crippen LogP contribution in [-0.2, 0) is 14.3 Å². The molecule has 2 heterocycles. The highest BCUT2D eigenvalue weighted by molar-refractivity contribution is 5.90. The summed E-state index contributed by atoms with van der Waals surface area (Å²) in [5, 5.41) is 3.38. The Labute approximate surface area is 162 Å². The van der Waals surface area contributed by atoms with E-state index in [4.69, 9.17) is 4.74 Å². The van der Waals surface area contributed by atoms with Gasteiger partial charge in [0.15, 0.2) is 5.96 Å². The monoisotopic (exact) mass is 381 g/mol. The first-order valence-electron chi connectivity index (χ1n) is 9.75. The van der Waals surface area contributed by atoms with Crippen LogP contribution in [0, 0.1) is 5.92 Å². The lowest BCUT2D eigenvalue weighted by Crippen LogP contribution is -2.66. The maximum atomic E-state index is 12.8. The van der Waals surface area contributed by atoms with Crippen molar-refractivity contribution in [2.45, 2.75) is 45.7 Å². The van der Waals surface area contributed by atoms with E-state index in [-0.39, 0.29) is 36.5 Å². The molecule has 1 unspecified atom stereocenters. The third-order valence-electron chi connectivity index (χ3n) is 5.08. The molecule has 2 amide bonds. The van der Waals surface area contributed by atoms with Gasteiger partial charge in [-0.25, -0.2) is 4.99 Å². The number of nitrogens with zero attached hydrogens (tertiary/aromatic N) is 4. The van der Waals surface area contributed by atoms with Crippen LogP contribution in [0.25, 0.3) is 0 Å². The van der Waals surface area contributed by atoms with Crippen LogP contribution in [0.3, 0.4) is 0 Å². The second kappa shape index (κ2) is 8.91. The molecule has 0 bridgehead atoms. The smallest absolute Gasteiger partial charge is 0.243 e. The molecule has 2 saturated heterocycles. The fourth-order valence-electron chi connectivity index (χ4n) is 3.84. The van der Waals surface area contributed by atoms with Crippen LogP contribution < -0.4 is 5.32 Å². The predicted molar refractivity (Wildman–Crippen MR) is 106 cm³/mol. The van der Waals surface area contributed by atoms with Crippen molar-refractivity contribution in [3.05, 3.63) is 0 Å². The normalized spacial score (nSPS) is 23.1. The topological polar surface area (TPSA) is 77.5 Å². The SMILES string of the molecule is CC(C)N1C(=O)CN(C(=NCC(=O)N(C)C)NCC2CCOC2)CC1(C)C. The number of aliphatic imine (C=N–C) groups is 1. The average molecular weight is 382 g/mol. The second-order valence-electron chi connectivity index (χ2n) is 8.56. The molecular formula is C19H35N5O3. The molecule has 0 saturated carbocycles. The van der Waals surface area contributed by atoms with Gasteiger partial charge in [-0.1, -0.05) is 0 Å². The Hall–Kier alpha value is -1.83. The number of nitrogens with one attached hydrogen (secondary N) is 1. The van der Waals surface area contributed by atoms with E-state index in [1.54, 1.807) is 14.1 Å². The van der Waals surface area contributed by atoms with Gasteiger partial charge in [0.05, 0.1) is 18.7 Å². The highest BCUT2D eigenvalue weighted by atomic mass is 16.5. The maximum absolute atomic E-state index is 12.8. The van der Waals surface area contributed by atoms with Crippen molar-refractivity contribution >= 4 is 17.8 Å². The Morgan fingerprint density at radius 2 is 2.11 bits per heavy atom. The van der Waals surface area contributed by atoms with Gasteiger partial charge in [-0.3, -0.25) is 9.59 Å². The van der Waals surface area contributed by atoms with Crippen molar-refractivity contribution in [1.82, 2.24) is 20.0 Å². The van der Waals surface area contributed by atoms with Crippen molar-refractivity contribution in [3.8, 4) is 0 Å². The Kier molecular flexibility index (Phi) is 7.08. The van der Waals surface area contributed by atoms with E-state index in [9.17, 15) is 9.59 Å². The van der Waals surface area contributed by atoms with Crippen molar-refractivity contribution in [2.24, 2.45) is 10.9 Å². The standard InChI is InChI=1S/C19H35N5O3/c1-14(2)24-17(26)11-23(13-19(24,3)4)18(21-10-16(25)22(5)6)20-9-15-7-8-27-12-15/h14-15H,7-13H2,1-6H3,(H,20,21). The quantitative estimate of drug-likeness (QED) is 0.551. The third-order valence-corrected chi connectivity index (χ3v) is 5.08. The van der Waals surface area contributed by atoms with Gasteiger partial charge in [0.2, 0.25) is 11.8 Å². The molecule has 8 heteroatoms. The van der Waals surface area contributed by atoms with Crippen LogP contribution in [0.15, 0.2) is 4.99 Å². The molecule has 1 atom stereocenters. The molecule has 2 aliphatic rings. The molecule has 1 N–H and O–H groups in total. The van der Waals surface area contributed by atoms with E-state index in [1.165, 1.54) is 4.90 Å². The molecule has 0 spiro atoms. The second-order valence-corrected chi connectivity index (χ2v) is 8.56. The minimum atomic E-state index is -0.312.